The fourth-order valence-electron chi connectivity index (χ4n) is 2.03. The minimum absolute atomic E-state index is 0.193. The van der Waals surface area contributed by atoms with Crippen LogP contribution < -0.4 is 15.8 Å². The Labute approximate surface area is 124 Å². The molecular formula is C17H20N2O2. The van der Waals surface area contributed by atoms with Crippen LogP contribution in [0.3, 0.4) is 0 Å². The summed E-state index contributed by atoms with van der Waals surface area (Å²) in [6.07, 6.45) is 0. The lowest BCUT2D eigenvalue weighted by Gasteiger charge is -2.10. The van der Waals surface area contributed by atoms with Gasteiger partial charge in [0.15, 0.2) is 0 Å². The molecule has 0 spiro atoms. The molecule has 0 bridgehead atoms. The number of rotatable bonds is 4. The highest BCUT2D eigenvalue weighted by atomic mass is 16.5. The molecule has 0 radical (unpaired) electrons. The molecule has 3 N–H and O–H groups in total. The Morgan fingerprint density at radius 3 is 2.33 bits per heavy atom. The molecule has 4 heteroatoms. The van der Waals surface area contributed by atoms with Crippen LogP contribution in [0.2, 0.25) is 0 Å². The van der Waals surface area contributed by atoms with E-state index in [4.69, 9.17) is 10.5 Å². The standard InChI is InChI=1S/C17H20N2O2/c1-11(2)12-4-7-14(8-5-12)19-17(20)13-6-9-16(21-3)15(18)10-13/h4-11H,18H2,1-3H3,(H,19,20). The van der Waals surface area contributed by atoms with E-state index in [0.29, 0.717) is 22.9 Å². The number of hydrogen-bond acceptors (Lipinski definition) is 3. The maximum Gasteiger partial charge on any atom is 0.255 e. The predicted octanol–water partition coefficient (Wildman–Crippen LogP) is 3.65. The number of methoxy groups -OCH3 is 1. The molecule has 0 aliphatic rings. The van der Waals surface area contributed by atoms with Crippen molar-refractivity contribution in [2.45, 2.75) is 19.8 Å². The second-order valence-electron chi connectivity index (χ2n) is 5.19. The third-order valence-corrected chi connectivity index (χ3v) is 3.33. The van der Waals surface area contributed by atoms with Gasteiger partial charge in [0.2, 0.25) is 0 Å². The number of nitrogen functional groups attached to an aromatic ring is 1. The summed E-state index contributed by atoms with van der Waals surface area (Å²) in [5, 5.41) is 2.85. The molecule has 0 aromatic heterocycles. The molecule has 0 aliphatic heterocycles. The number of nitrogens with one attached hydrogen (secondary N) is 1. The molecule has 2 rings (SSSR count). The number of carbonyl (C=O) groups is 1. The summed E-state index contributed by atoms with van der Waals surface area (Å²) in [6, 6.07) is 12.8. The number of ether oxygens (including phenoxy) is 1. The number of hydrogen-bond donors (Lipinski definition) is 2. The van der Waals surface area contributed by atoms with Crippen LogP contribution in [0.25, 0.3) is 0 Å². The molecule has 0 heterocycles. The summed E-state index contributed by atoms with van der Waals surface area (Å²) in [5.41, 5.74) is 8.76. The van der Waals surface area contributed by atoms with Gasteiger partial charge in [0.1, 0.15) is 5.75 Å². The molecule has 0 saturated carbocycles. The smallest absolute Gasteiger partial charge is 0.255 e. The SMILES string of the molecule is COc1ccc(C(=O)Nc2ccc(C(C)C)cc2)cc1N. The van der Waals surface area contributed by atoms with Crippen LogP contribution in [0, 0.1) is 0 Å². The summed E-state index contributed by atoms with van der Waals surface area (Å²) in [4.78, 5) is 12.2. The maximum atomic E-state index is 12.2. The van der Waals surface area contributed by atoms with Gasteiger partial charge in [-0.25, -0.2) is 0 Å². The molecule has 110 valence electrons. The topological polar surface area (TPSA) is 64.3 Å². The van der Waals surface area contributed by atoms with Gasteiger partial charge in [-0.15, -0.1) is 0 Å². The molecule has 1 amide bonds. The predicted molar refractivity (Wildman–Crippen MR) is 85.9 cm³/mol. The van der Waals surface area contributed by atoms with Crippen molar-refractivity contribution in [3.63, 3.8) is 0 Å². The first-order chi connectivity index (χ1) is 10.0. The van der Waals surface area contributed by atoms with Crippen molar-refractivity contribution in [3.8, 4) is 5.75 Å². The number of amides is 1. The molecule has 4 nitrogen and oxygen atoms in total. The Balaban J connectivity index is 2.12. The number of benzene rings is 2. The lowest BCUT2D eigenvalue weighted by Crippen LogP contribution is -2.12. The summed E-state index contributed by atoms with van der Waals surface area (Å²) in [6.45, 7) is 4.27. The minimum Gasteiger partial charge on any atom is -0.495 e. The first-order valence-corrected chi connectivity index (χ1v) is 6.86. The maximum absolute atomic E-state index is 12.2. The summed E-state index contributed by atoms with van der Waals surface area (Å²) >= 11 is 0. The second-order valence-corrected chi connectivity index (χ2v) is 5.19. The van der Waals surface area contributed by atoms with Gasteiger partial charge in [-0.05, 0) is 41.8 Å². The quantitative estimate of drug-likeness (QED) is 0.842. The van der Waals surface area contributed by atoms with Gasteiger partial charge < -0.3 is 15.8 Å². The fraction of sp³-hybridized carbons (Fsp3) is 0.235. The Bertz CT molecular complexity index is 634. The highest BCUT2D eigenvalue weighted by Gasteiger charge is 2.09. The molecule has 0 atom stereocenters. The molecule has 2 aromatic carbocycles. The first kappa shape index (κ1) is 14.9. The van der Waals surface area contributed by atoms with Crippen LogP contribution in [0.4, 0.5) is 11.4 Å². The minimum atomic E-state index is -0.193. The van der Waals surface area contributed by atoms with Crippen molar-refractivity contribution >= 4 is 17.3 Å². The largest absolute Gasteiger partial charge is 0.495 e. The lowest BCUT2D eigenvalue weighted by atomic mass is 10.0. The van der Waals surface area contributed by atoms with Crippen molar-refractivity contribution in [3.05, 3.63) is 53.6 Å². The molecule has 21 heavy (non-hydrogen) atoms. The van der Waals surface area contributed by atoms with Gasteiger partial charge in [-0.2, -0.15) is 0 Å². The van der Waals surface area contributed by atoms with E-state index in [1.54, 1.807) is 25.3 Å². The van der Waals surface area contributed by atoms with Crippen LogP contribution in [-0.4, -0.2) is 13.0 Å². The zero-order valence-corrected chi connectivity index (χ0v) is 12.5. The van der Waals surface area contributed by atoms with Gasteiger partial charge in [-0.3, -0.25) is 4.79 Å². The summed E-state index contributed by atoms with van der Waals surface area (Å²) in [7, 11) is 1.54. The normalized spacial score (nSPS) is 10.5. The summed E-state index contributed by atoms with van der Waals surface area (Å²) in [5.74, 6) is 0.839. The van der Waals surface area contributed by atoms with Crippen molar-refractivity contribution in [2.24, 2.45) is 0 Å². The van der Waals surface area contributed by atoms with Gasteiger partial charge in [0.05, 0.1) is 12.8 Å². The van der Waals surface area contributed by atoms with E-state index >= 15 is 0 Å². The average Bonchev–Trinajstić information content (AvgIpc) is 2.47. The Morgan fingerprint density at radius 1 is 1.14 bits per heavy atom. The monoisotopic (exact) mass is 284 g/mol. The van der Waals surface area contributed by atoms with E-state index in [1.807, 2.05) is 24.3 Å². The molecule has 0 unspecified atom stereocenters. The Hall–Kier alpha value is -2.49. The van der Waals surface area contributed by atoms with Gasteiger partial charge in [0, 0.05) is 11.3 Å². The van der Waals surface area contributed by atoms with E-state index in [0.717, 1.165) is 5.69 Å². The van der Waals surface area contributed by atoms with Crippen LogP contribution in [0.1, 0.15) is 35.7 Å². The third-order valence-electron chi connectivity index (χ3n) is 3.33. The molecular weight excluding hydrogens is 264 g/mol. The second kappa shape index (κ2) is 6.31. The number of anilines is 2. The number of nitrogens with two attached hydrogens (primary N) is 1. The Kier molecular flexibility index (Phi) is 4.48. The van der Waals surface area contributed by atoms with Crippen molar-refractivity contribution < 1.29 is 9.53 Å². The molecule has 0 aliphatic carbocycles. The molecule has 2 aromatic rings. The average molecular weight is 284 g/mol. The zero-order chi connectivity index (χ0) is 15.4. The lowest BCUT2D eigenvalue weighted by molar-refractivity contribution is 0.102. The summed E-state index contributed by atoms with van der Waals surface area (Å²) < 4.78 is 5.08. The van der Waals surface area contributed by atoms with Crippen LogP contribution in [0.15, 0.2) is 42.5 Å². The van der Waals surface area contributed by atoms with Crippen molar-refractivity contribution in [1.29, 1.82) is 0 Å². The van der Waals surface area contributed by atoms with Crippen molar-refractivity contribution in [1.82, 2.24) is 0 Å². The number of carbonyl (C=O) groups excluding carboxylic acids is 1. The fourth-order valence-corrected chi connectivity index (χ4v) is 2.03. The van der Waals surface area contributed by atoms with Gasteiger partial charge in [0.25, 0.3) is 5.91 Å². The first-order valence-electron chi connectivity index (χ1n) is 6.86. The van der Waals surface area contributed by atoms with E-state index < -0.39 is 0 Å². The third kappa shape index (κ3) is 3.54. The van der Waals surface area contributed by atoms with E-state index in [2.05, 4.69) is 19.2 Å². The molecule has 0 fully saturated rings. The highest BCUT2D eigenvalue weighted by Crippen LogP contribution is 2.23. The van der Waals surface area contributed by atoms with Crippen molar-refractivity contribution in [2.75, 3.05) is 18.2 Å². The van der Waals surface area contributed by atoms with Crippen LogP contribution in [-0.2, 0) is 0 Å². The molecule has 0 saturated heterocycles. The van der Waals surface area contributed by atoms with E-state index in [1.165, 1.54) is 5.56 Å². The Morgan fingerprint density at radius 2 is 1.81 bits per heavy atom. The van der Waals surface area contributed by atoms with Gasteiger partial charge in [-0.1, -0.05) is 26.0 Å². The van der Waals surface area contributed by atoms with Gasteiger partial charge >= 0.3 is 0 Å². The van der Waals surface area contributed by atoms with Crippen LogP contribution in [0.5, 0.6) is 5.75 Å². The van der Waals surface area contributed by atoms with E-state index in [-0.39, 0.29) is 5.91 Å². The van der Waals surface area contributed by atoms with Crippen LogP contribution >= 0.6 is 0 Å². The van der Waals surface area contributed by atoms with E-state index in [9.17, 15) is 4.79 Å². The highest BCUT2D eigenvalue weighted by molar-refractivity contribution is 6.05. The zero-order valence-electron chi connectivity index (χ0n) is 12.5.